The van der Waals surface area contributed by atoms with Crippen molar-refractivity contribution in [2.75, 3.05) is 19.8 Å². The Balaban J connectivity index is 3.04. The molecule has 0 amide bonds. The first-order chi connectivity index (χ1) is 10.0. The summed E-state index contributed by atoms with van der Waals surface area (Å²) in [4.78, 5) is 0. The number of nitrogens with one attached hydrogen (secondary N) is 2. The highest BCUT2D eigenvalue weighted by Gasteiger charge is 2.46. The van der Waals surface area contributed by atoms with E-state index in [4.69, 9.17) is 37.7 Å². The van der Waals surface area contributed by atoms with Gasteiger partial charge in [0.05, 0.1) is 10.2 Å². The summed E-state index contributed by atoms with van der Waals surface area (Å²) in [7, 11) is -2.77. The van der Waals surface area contributed by atoms with Crippen LogP contribution >= 0.6 is 24.4 Å². The van der Waals surface area contributed by atoms with E-state index in [9.17, 15) is 0 Å². The van der Waals surface area contributed by atoms with Gasteiger partial charge in [0.1, 0.15) is 4.64 Å². The average molecular weight is 350 g/mol. The molecule has 1 aromatic heterocycles. The van der Waals surface area contributed by atoms with E-state index in [0.717, 1.165) is 5.69 Å². The quantitative estimate of drug-likeness (QED) is 0.527. The Morgan fingerprint density at radius 2 is 1.62 bits per heavy atom. The van der Waals surface area contributed by atoms with E-state index in [1.807, 2.05) is 27.7 Å². The first-order valence-corrected chi connectivity index (χ1v) is 9.70. The lowest BCUT2D eigenvalue weighted by atomic mass is 10.2. The van der Waals surface area contributed by atoms with Crippen LogP contribution in [-0.4, -0.2) is 44.0 Å². The summed E-state index contributed by atoms with van der Waals surface area (Å²) in [5.41, 5.74) is 0.772. The van der Waals surface area contributed by atoms with Gasteiger partial charge >= 0.3 is 8.80 Å². The van der Waals surface area contributed by atoms with Crippen molar-refractivity contribution in [1.82, 2.24) is 15.4 Å². The molecular weight excluding hydrogens is 326 g/mol. The van der Waals surface area contributed by atoms with Gasteiger partial charge in [-0.05, 0) is 20.8 Å². The van der Waals surface area contributed by atoms with E-state index in [-0.39, 0.29) is 5.54 Å². The molecule has 0 radical (unpaired) electrons. The van der Waals surface area contributed by atoms with Gasteiger partial charge < -0.3 is 13.3 Å². The molecule has 120 valence electrons. The Morgan fingerprint density at radius 1 is 1.10 bits per heavy atom. The highest BCUT2D eigenvalue weighted by Crippen LogP contribution is 2.29. The van der Waals surface area contributed by atoms with E-state index in [2.05, 4.69) is 15.4 Å². The summed E-state index contributed by atoms with van der Waals surface area (Å²) in [6.45, 7) is 9.51. The van der Waals surface area contributed by atoms with Crippen molar-refractivity contribution in [2.45, 2.75) is 39.7 Å². The summed E-state index contributed by atoms with van der Waals surface area (Å²) in [6, 6.07) is 0. The van der Waals surface area contributed by atoms with Crippen LogP contribution in [0.3, 0.4) is 0 Å². The molecule has 0 aliphatic carbocycles. The highest BCUT2D eigenvalue weighted by molar-refractivity contribution is 7.73. The standard InChI is InChI=1S/C12H23N3O3S2Si/c1-5-16-21(17-6-2,18-7-3)9(4)8-10-11(19)12(20)14-15-13-10/h9H,5-8H2,1-4H3,(H,15,19)(H,13,14,20). The molecule has 21 heavy (non-hydrogen) atoms. The fourth-order valence-corrected chi connectivity index (χ4v) is 5.19. The maximum atomic E-state index is 5.90. The summed E-state index contributed by atoms with van der Waals surface area (Å²) in [6.07, 6.45) is 0.597. The predicted octanol–water partition coefficient (Wildman–Crippen LogP) is 3.18. The summed E-state index contributed by atoms with van der Waals surface area (Å²) in [5.74, 6) is 0. The minimum absolute atomic E-state index is 0.0387. The van der Waals surface area contributed by atoms with Crippen LogP contribution in [-0.2, 0) is 19.7 Å². The molecule has 0 aliphatic heterocycles. The third-order valence-electron chi connectivity index (χ3n) is 2.97. The van der Waals surface area contributed by atoms with Gasteiger partial charge in [0.2, 0.25) is 0 Å². The Labute approximate surface area is 136 Å². The van der Waals surface area contributed by atoms with E-state index < -0.39 is 8.80 Å². The van der Waals surface area contributed by atoms with E-state index in [1.54, 1.807) is 0 Å². The lowest BCUT2D eigenvalue weighted by molar-refractivity contribution is 0.0622. The molecule has 0 aliphatic rings. The van der Waals surface area contributed by atoms with Crippen molar-refractivity contribution in [1.29, 1.82) is 0 Å². The second kappa shape index (κ2) is 8.86. The number of aromatic amines is 2. The molecular formula is C12H23N3O3S2Si. The van der Waals surface area contributed by atoms with Crippen LogP contribution in [0.4, 0.5) is 0 Å². The highest BCUT2D eigenvalue weighted by atomic mass is 32.1. The minimum Gasteiger partial charge on any atom is -0.374 e. The number of hydrogen-bond acceptors (Lipinski definition) is 6. The van der Waals surface area contributed by atoms with Crippen molar-refractivity contribution < 1.29 is 13.3 Å². The molecule has 0 fully saturated rings. The summed E-state index contributed by atoms with van der Waals surface area (Å²) < 4.78 is 18.8. The molecule has 1 unspecified atom stereocenters. The molecule has 0 bridgehead atoms. The number of rotatable bonds is 9. The SMILES string of the molecule is CCO[Si](OCC)(OCC)C(C)Cc1n[nH][nH]c(=S)c1=S. The Hall–Kier alpha value is -0.453. The van der Waals surface area contributed by atoms with Gasteiger partial charge in [0, 0.05) is 31.8 Å². The molecule has 6 nitrogen and oxygen atoms in total. The van der Waals surface area contributed by atoms with Crippen LogP contribution < -0.4 is 0 Å². The fourth-order valence-electron chi connectivity index (χ4n) is 2.09. The molecule has 0 aromatic carbocycles. The van der Waals surface area contributed by atoms with Crippen molar-refractivity contribution in [3.63, 3.8) is 0 Å². The molecule has 1 heterocycles. The van der Waals surface area contributed by atoms with Gasteiger partial charge in [-0.2, -0.15) is 5.10 Å². The second-order valence-corrected chi connectivity index (χ2v) is 8.34. The maximum Gasteiger partial charge on any atom is 0.504 e. The molecule has 1 atom stereocenters. The monoisotopic (exact) mass is 349 g/mol. The lowest BCUT2D eigenvalue weighted by Gasteiger charge is -2.33. The molecule has 0 saturated carbocycles. The lowest BCUT2D eigenvalue weighted by Crippen LogP contribution is -2.50. The van der Waals surface area contributed by atoms with Crippen LogP contribution in [0.15, 0.2) is 0 Å². The van der Waals surface area contributed by atoms with Crippen molar-refractivity contribution in [2.24, 2.45) is 0 Å². The third kappa shape index (κ3) is 4.76. The van der Waals surface area contributed by atoms with Crippen LogP contribution in [0, 0.1) is 9.15 Å². The van der Waals surface area contributed by atoms with Gasteiger partial charge in [0.25, 0.3) is 0 Å². The number of aromatic nitrogens is 3. The van der Waals surface area contributed by atoms with Gasteiger partial charge in [0.15, 0.2) is 0 Å². The number of nitrogens with zero attached hydrogens (tertiary/aromatic N) is 1. The van der Waals surface area contributed by atoms with Gasteiger partial charge in [-0.15, -0.1) is 0 Å². The van der Waals surface area contributed by atoms with E-state index in [0.29, 0.717) is 35.4 Å². The number of H-pyrrole nitrogens is 2. The Kier molecular flexibility index (Phi) is 7.85. The normalized spacial score (nSPS) is 13.3. The average Bonchev–Trinajstić information content (AvgIpc) is 2.44. The van der Waals surface area contributed by atoms with Crippen LogP contribution in [0.2, 0.25) is 5.54 Å². The molecule has 0 saturated heterocycles. The summed E-state index contributed by atoms with van der Waals surface area (Å²) >= 11 is 10.4. The second-order valence-electron chi connectivity index (χ2n) is 4.46. The van der Waals surface area contributed by atoms with Gasteiger partial charge in [-0.25, -0.2) is 5.21 Å². The topological polar surface area (TPSA) is 72.2 Å². The largest absolute Gasteiger partial charge is 0.504 e. The minimum atomic E-state index is -2.77. The van der Waals surface area contributed by atoms with Crippen molar-refractivity contribution >= 4 is 33.2 Å². The Bertz CT molecular complexity index is 532. The third-order valence-corrected chi connectivity index (χ3v) is 7.33. The molecule has 0 spiro atoms. The first-order valence-electron chi connectivity index (χ1n) is 7.08. The van der Waals surface area contributed by atoms with Crippen molar-refractivity contribution in [3.8, 4) is 0 Å². The Morgan fingerprint density at radius 3 is 2.10 bits per heavy atom. The smallest absolute Gasteiger partial charge is 0.374 e. The molecule has 9 heteroatoms. The van der Waals surface area contributed by atoms with Crippen LogP contribution in [0.1, 0.15) is 33.4 Å². The van der Waals surface area contributed by atoms with E-state index >= 15 is 0 Å². The zero-order valence-corrected chi connectivity index (χ0v) is 15.5. The molecule has 1 aromatic rings. The van der Waals surface area contributed by atoms with Crippen LogP contribution in [0.25, 0.3) is 0 Å². The van der Waals surface area contributed by atoms with Crippen molar-refractivity contribution in [3.05, 3.63) is 14.8 Å². The van der Waals surface area contributed by atoms with Crippen LogP contribution in [0.5, 0.6) is 0 Å². The predicted molar refractivity (Wildman–Crippen MR) is 88.4 cm³/mol. The zero-order valence-electron chi connectivity index (χ0n) is 12.9. The van der Waals surface area contributed by atoms with Gasteiger partial charge in [-0.1, -0.05) is 31.4 Å². The maximum absolute atomic E-state index is 5.90. The first kappa shape index (κ1) is 18.6. The number of hydrogen-bond donors (Lipinski definition) is 2. The molecule has 1 rings (SSSR count). The zero-order chi connectivity index (χ0) is 15.9. The molecule has 2 N–H and O–H groups in total. The van der Waals surface area contributed by atoms with Gasteiger partial charge in [-0.3, -0.25) is 5.10 Å². The summed E-state index contributed by atoms with van der Waals surface area (Å²) in [5, 5.41) is 9.57. The fraction of sp³-hybridized carbons (Fsp3) is 0.750. The van der Waals surface area contributed by atoms with E-state index in [1.165, 1.54) is 0 Å².